The summed E-state index contributed by atoms with van der Waals surface area (Å²) in [6, 6.07) is 19.7. The predicted octanol–water partition coefficient (Wildman–Crippen LogP) is 4.87. The molecule has 4 aromatic rings. The number of benzene rings is 3. The first kappa shape index (κ1) is 31.0. The highest BCUT2D eigenvalue weighted by molar-refractivity contribution is 14.1. The molecule has 0 fully saturated rings. The summed E-state index contributed by atoms with van der Waals surface area (Å²) < 4.78 is 25.4. The molecule has 9 nitrogen and oxygen atoms in total. The normalized spacial score (nSPS) is 14.1. The molecule has 3 aromatic carbocycles. The SMILES string of the molecule is CCOc1ccc([C@@H]2C(C(=O)OC)=CN=c3s/c(=C\c4ccc(OCc5ccccc5C#N)c(I)c4)c(=O)n32)cc1OCC. The third-order valence-corrected chi connectivity index (χ3v) is 8.62. The summed E-state index contributed by atoms with van der Waals surface area (Å²) in [5.41, 5.74) is 2.77. The number of nitrogens with zero attached hydrogens (tertiary/aromatic N) is 3. The van der Waals surface area contributed by atoms with Crippen molar-refractivity contribution >= 4 is 46.0 Å². The fourth-order valence-corrected chi connectivity index (χ4v) is 6.44. The average molecular weight is 722 g/mol. The largest absolute Gasteiger partial charge is 0.490 e. The molecule has 224 valence electrons. The Morgan fingerprint density at radius 2 is 1.80 bits per heavy atom. The van der Waals surface area contributed by atoms with E-state index in [1.54, 1.807) is 24.3 Å². The van der Waals surface area contributed by atoms with Crippen LogP contribution in [0.25, 0.3) is 6.08 Å². The van der Waals surface area contributed by atoms with Crippen molar-refractivity contribution in [3.05, 3.63) is 118 Å². The molecule has 0 amide bonds. The average Bonchev–Trinajstić information content (AvgIpc) is 3.35. The van der Waals surface area contributed by atoms with Gasteiger partial charge >= 0.3 is 5.97 Å². The molecule has 0 N–H and O–H groups in total. The summed E-state index contributed by atoms with van der Waals surface area (Å²) in [6.07, 6.45) is 3.26. The molecule has 0 radical (unpaired) electrons. The van der Waals surface area contributed by atoms with E-state index in [-0.39, 0.29) is 17.7 Å². The lowest BCUT2D eigenvalue weighted by molar-refractivity contribution is -0.136. The van der Waals surface area contributed by atoms with Gasteiger partial charge in [0.1, 0.15) is 12.4 Å². The summed E-state index contributed by atoms with van der Waals surface area (Å²) in [6.45, 7) is 4.90. The van der Waals surface area contributed by atoms with Crippen molar-refractivity contribution in [2.45, 2.75) is 26.5 Å². The second-order valence-corrected chi connectivity index (χ2v) is 11.7. The zero-order chi connectivity index (χ0) is 31.2. The predicted molar refractivity (Wildman–Crippen MR) is 175 cm³/mol. The number of hydrogen-bond acceptors (Lipinski definition) is 9. The number of hydrogen-bond donors (Lipinski definition) is 0. The van der Waals surface area contributed by atoms with Crippen molar-refractivity contribution in [3.63, 3.8) is 0 Å². The number of halogens is 1. The van der Waals surface area contributed by atoms with Gasteiger partial charge in [-0.15, -0.1) is 0 Å². The van der Waals surface area contributed by atoms with E-state index in [1.165, 1.54) is 29.2 Å². The molecular weight excluding hydrogens is 693 g/mol. The first-order valence-corrected chi connectivity index (χ1v) is 15.7. The van der Waals surface area contributed by atoms with Gasteiger partial charge in [0.2, 0.25) is 0 Å². The molecule has 1 aromatic heterocycles. The molecule has 0 aliphatic carbocycles. The van der Waals surface area contributed by atoms with Gasteiger partial charge in [0.15, 0.2) is 16.3 Å². The number of carbonyl (C=O) groups excluding carboxylic acids is 1. The molecule has 11 heteroatoms. The fourth-order valence-electron chi connectivity index (χ4n) is 4.77. The van der Waals surface area contributed by atoms with Crippen molar-refractivity contribution in [3.8, 4) is 23.3 Å². The van der Waals surface area contributed by atoms with Crippen LogP contribution in [0.2, 0.25) is 0 Å². The number of nitriles is 1. The van der Waals surface area contributed by atoms with Crippen molar-refractivity contribution < 1.29 is 23.7 Å². The molecule has 0 spiro atoms. The Balaban J connectivity index is 1.51. The number of ether oxygens (including phenoxy) is 4. The summed E-state index contributed by atoms with van der Waals surface area (Å²) in [5, 5.41) is 9.35. The zero-order valence-corrected chi connectivity index (χ0v) is 27.2. The molecule has 44 heavy (non-hydrogen) atoms. The van der Waals surface area contributed by atoms with Crippen molar-refractivity contribution in [1.82, 2.24) is 4.57 Å². The van der Waals surface area contributed by atoms with Gasteiger partial charge in [-0.2, -0.15) is 5.26 Å². The Kier molecular flexibility index (Phi) is 9.82. The minimum absolute atomic E-state index is 0.229. The van der Waals surface area contributed by atoms with Crippen LogP contribution in [0.15, 0.2) is 82.2 Å². The molecule has 0 unspecified atom stereocenters. The lowest BCUT2D eigenvalue weighted by Gasteiger charge is -2.23. The summed E-state index contributed by atoms with van der Waals surface area (Å²) in [4.78, 5) is 31.6. The van der Waals surface area contributed by atoms with Crippen molar-refractivity contribution in [2.75, 3.05) is 20.3 Å². The maximum atomic E-state index is 13.9. The van der Waals surface area contributed by atoms with Crippen molar-refractivity contribution in [1.29, 1.82) is 5.26 Å². The number of carbonyl (C=O) groups is 1. The van der Waals surface area contributed by atoms with E-state index in [0.29, 0.717) is 50.9 Å². The molecule has 1 atom stereocenters. The highest BCUT2D eigenvalue weighted by Crippen LogP contribution is 2.35. The minimum atomic E-state index is -0.775. The molecule has 2 heterocycles. The standard InChI is InChI=1S/C33H28IN3O6S/c1-4-41-27-13-11-21(16-28(27)42-5-2)30-24(32(39)40-3)18-36-33-37(30)31(38)29(44-33)15-20-10-12-26(25(34)14-20)43-19-23-9-7-6-8-22(23)17-35/h6-16,18,30H,4-5,19H2,1-3H3/b29-15-/t30-/m1/s1. The third-order valence-electron chi connectivity index (χ3n) is 6.78. The van der Waals surface area contributed by atoms with E-state index in [2.05, 4.69) is 33.7 Å². The Morgan fingerprint density at radius 3 is 2.52 bits per heavy atom. The third kappa shape index (κ3) is 6.41. The number of methoxy groups -OCH3 is 1. The first-order chi connectivity index (χ1) is 21.4. The van der Waals surface area contributed by atoms with Crippen LogP contribution in [-0.2, 0) is 16.1 Å². The van der Waals surface area contributed by atoms with Crippen molar-refractivity contribution in [2.24, 2.45) is 4.99 Å². The Morgan fingerprint density at radius 1 is 1.05 bits per heavy atom. The summed E-state index contributed by atoms with van der Waals surface area (Å²) in [7, 11) is 1.30. The van der Waals surface area contributed by atoms with Crippen LogP contribution in [-0.4, -0.2) is 30.9 Å². The van der Waals surface area contributed by atoms with Crippen LogP contribution in [0.5, 0.6) is 17.2 Å². The monoisotopic (exact) mass is 721 g/mol. The van der Waals surface area contributed by atoms with E-state index in [4.69, 9.17) is 18.9 Å². The van der Waals surface area contributed by atoms with Gasteiger partial charge in [0.25, 0.3) is 5.56 Å². The number of rotatable bonds is 10. The highest BCUT2D eigenvalue weighted by atomic mass is 127. The lowest BCUT2D eigenvalue weighted by Crippen LogP contribution is -2.39. The van der Waals surface area contributed by atoms with Gasteiger partial charge in [-0.05, 0) is 84.0 Å². The first-order valence-electron chi connectivity index (χ1n) is 13.8. The van der Waals surface area contributed by atoms with Gasteiger partial charge in [-0.25, -0.2) is 9.79 Å². The number of thiazole rings is 1. The minimum Gasteiger partial charge on any atom is -0.490 e. The second-order valence-electron chi connectivity index (χ2n) is 9.50. The van der Waals surface area contributed by atoms with E-state index < -0.39 is 12.0 Å². The summed E-state index contributed by atoms with van der Waals surface area (Å²) >= 11 is 3.42. The van der Waals surface area contributed by atoms with E-state index >= 15 is 0 Å². The number of esters is 1. The van der Waals surface area contributed by atoms with Gasteiger partial charge in [-0.1, -0.05) is 41.7 Å². The van der Waals surface area contributed by atoms with Crippen LogP contribution < -0.4 is 29.1 Å². The smallest absolute Gasteiger partial charge is 0.337 e. The molecule has 1 aliphatic heterocycles. The Bertz CT molecular complexity index is 1970. The van der Waals surface area contributed by atoms with Crippen LogP contribution >= 0.6 is 33.9 Å². The fraction of sp³-hybridized carbons (Fsp3) is 0.212. The molecule has 0 bridgehead atoms. The maximum absolute atomic E-state index is 13.9. The maximum Gasteiger partial charge on any atom is 0.337 e. The van der Waals surface area contributed by atoms with E-state index in [0.717, 1.165) is 14.7 Å². The topological polar surface area (TPSA) is 112 Å². The molecule has 5 rings (SSSR count). The highest BCUT2D eigenvalue weighted by Gasteiger charge is 2.31. The zero-order valence-electron chi connectivity index (χ0n) is 24.2. The van der Waals surface area contributed by atoms with Crippen LogP contribution in [0, 0.1) is 14.9 Å². The van der Waals surface area contributed by atoms with Gasteiger partial charge in [-0.3, -0.25) is 9.36 Å². The molecule has 0 saturated heterocycles. The summed E-state index contributed by atoms with van der Waals surface area (Å²) in [5.74, 6) is 1.18. The van der Waals surface area contributed by atoms with Gasteiger partial charge in [0, 0.05) is 11.8 Å². The second kappa shape index (κ2) is 13.9. The van der Waals surface area contributed by atoms with E-state index in [1.807, 2.05) is 56.3 Å². The van der Waals surface area contributed by atoms with Crippen LogP contribution in [0.1, 0.15) is 42.1 Å². The molecule has 0 saturated carbocycles. The van der Waals surface area contributed by atoms with Gasteiger partial charge < -0.3 is 18.9 Å². The van der Waals surface area contributed by atoms with Gasteiger partial charge in [0.05, 0.1) is 51.7 Å². The Labute approximate surface area is 271 Å². The number of fused-ring (bicyclic) bond motifs is 1. The van der Waals surface area contributed by atoms with Crippen LogP contribution in [0.4, 0.5) is 0 Å². The quantitative estimate of drug-likeness (QED) is 0.170. The number of aromatic nitrogens is 1. The molecule has 1 aliphatic rings. The van der Waals surface area contributed by atoms with Crippen LogP contribution in [0.3, 0.4) is 0 Å². The Hall–Kier alpha value is -4.41. The molecular formula is C33H28IN3O6S. The lowest BCUT2D eigenvalue weighted by atomic mass is 9.97. The van der Waals surface area contributed by atoms with E-state index in [9.17, 15) is 14.9 Å².